The fraction of sp³-hybridized carbons (Fsp3) is 0.571. The van der Waals surface area contributed by atoms with Gasteiger partial charge in [0, 0.05) is 12.5 Å². The first kappa shape index (κ1) is 20.8. The molecule has 0 bridgehead atoms. The molecule has 0 saturated carbocycles. The van der Waals surface area contributed by atoms with Crippen LogP contribution in [-0.4, -0.2) is 29.3 Å². The van der Waals surface area contributed by atoms with Crippen LogP contribution < -0.4 is 4.90 Å². The smallest absolute Gasteiger partial charge is 0.415 e. The molecule has 1 aromatic rings. The topological polar surface area (TPSA) is 79.6 Å². The van der Waals surface area contributed by atoms with Gasteiger partial charge in [0.2, 0.25) is 0 Å². The Bertz CT molecular complexity index is 766. The molecule has 6 heteroatoms. The van der Waals surface area contributed by atoms with E-state index in [1.165, 1.54) is 0 Å². The van der Waals surface area contributed by atoms with Crippen molar-refractivity contribution < 1.29 is 19.1 Å². The van der Waals surface area contributed by atoms with Crippen molar-refractivity contribution in [2.45, 2.75) is 78.0 Å². The molecule has 0 aromatic heterocycles. The Hall–Kier alpha value is -2.55. The molecule has 0 aliphatic carbocycles. The molecule has 6 nitrogen and oxygen atoms in total. The molecule has 1 heterocycles. The molecule has 146 valence electrons. The molecular weight excluding hydrogens is 344 g/mol. The number of esters is 1. The van der Waals surface area contributed by atoms with Crippen LogP contribution in [0.15, 0.2) is 18.2 Å². The lowest BCUT2D eigenvalue weighted by atomic mass is 10.0. The van der Waals surface area contributed by atoms with E-state index in [-0.39, 0.29) is 18.4 Å². The van der Waals surface area contributed by atoms with Crippen molar-refractivity contribution in [1.29, 1.82) is 5.26 Å². The van der Waals surface area contributed by atoms with E-state index in [2.05, 4.69) is 6.07 Å². The fourth-order valence-electron chi connectivity index (χ4n) is 3.06. The van der Waals surface area contributed by atoms with Crippen molar-refractivity contribution in [3.05, 3.63) is 29.3 Å². The van der Waals surface area contributed by atoms with Crippen molar-refractivity contribution in [2.75, 3.05) is 4.90 Å². The average molecular weight is 372 g/mol. The van der Waals surface area contributed by atoms with E-state index in [0.717, 1.165) is 11.3 Å². The number of anilines is 1. The molecule has 0 saturated heterocycles. The molecule has 1 aliphatic heterocycles. The Balaban J connectivity index is 2.20. The summed E-state index contributed by atoms with van der Waals surface area (Å²) in [6.07, 6.45) is 0.804. The Morgan fingerprint density at radius 3 is 2.33 bits per heavy atom. The normalized spacial score (nSPS) is 16.5. The summed E-state index contributed by atoms with van der Waals surface area (Å²) in [6.45, 7) is 10.9. The van der Waals surface area contributed by atoms with Crippen molar-refractivity contribution in [3.8, 4) is 6.07 Å². The number of rotatable bonds is 3. The second-order valence-corrected chi connectivity index (χ2v) is 8.79. The Morgan fingerprint density at radius 1 is 1.15 bits per heavy atom. The lowest BCUT2D eigenvalue weighted by Crippen LogP contribution is -2.41. The number of fused-ring (bicyclic) bond motifs is 1. The number of hydrogen-bond acceptors (Lipinski definition) is 5. The maximum absolute atomic E-state index is 12.8. The summed E-state index contributed by atoms with van der Waals surface area (Å²) in [5.41, 5.74) is 1.03. The van der Waals surface area contributed by atoms with Gasteiger partial charge in [-0.05, 0) is 78.1 Å². The number of hydrogen-bond donors (Lipinski definition) is 0. The van der Waals surface area contributed by atoms with Gasteiger partial charge in [-0.25, -0.2) is 4.79 Å². The van der Waals surface area contributed by atoms with Gasteiger partial charge in [0.05, 0.1) is 17.3 Å². The van der Waals surface area contributed by atoms with Crippen LogP contribution in [0.5, 0.6) is 0 Å². The molecular formula is C21H28N2O4. The molecule has 1 aromatic carbocycles. The Labute approximate surface area is 161 Å². The van der Waals surface area contributed by atoms with Gasteiger partial charge in [0.25, 0.3) is 0 Å². The Morgan fingerprint density at radius 2 is 1.78 bits per heavy atom. The number of carbonyl (C=O) groups is 2. The first-order valence-corrected chi connectivity index (χ1v) is 9.17. The zero-order chi connectivity index (χ0) is 20.4. The third kappa shape index (κ3) is 5.72. The number of nitrogens with zero attached hydrogens (tertiary/aromatic N) is 2. The summed E-state index contributed by atoms with van der Waals surface area (Å²) in [5.74, 6) is -0.291. The van der Waals surface area contributed by atoms with Crippen molar-refractivity contribution >= 4 is 17.7 Å². The highest BCUT2D eigenvalue weighted by atomic mass is 16.6. The summed E-state index contributed by atoms with van der Waals surface area (Å²) < 4.78 is 10.9. The van der Waals surface area contributed by atoms with E-state index in [1.807, 2.05) is 41.5 Å². The number of carbonyl (C=O) groups excluding carboxylic acids is 2. The Kier molecular flexibility index (Phi) is 5.84. The van der Waals surface area contributed by atoms with E-state index >= 15 is 0 Å². The van der Waals surface area contributed by atoms with Crippen molar-refractivity contribution in [1.82, 2.24) is 0 Å². The van der Waals surface area contributed by atoms with Gasteiger partial charge >= 0.3 is 12.1 Å². The van der Waals surface area contributed by atoms with Crippen LogP contribution in [0.25, 0.3) is 0 Å². The summed E-state index contributed by atoms with van der Waals surface area (Å²) in [7, 11) is 0. The third-order valence-corrected chi connectivity index (χ3v) is 3.98. The SMILES string of the molecule is CC(C)(C)OC(=O)CCC1Cc2cc(C#N)ccc2N1C(=O)OC(C)(C)C. The van der Waals surface area contributed by atoms with Gasteiger partial charge in [-0.3, -0.25) is 9.69 Å². The second-order valence-electron chi connectivity index (χ2n) is 8.79. The molecule has 0 fully saturated rings. The van der Waals surface area contributed by atoms with Gasteiger partial charge in [0.15, 0.2) is 0 Å². The summed E-state index contributed by atoms with van der Waals surface area (Å²) >= 11 is 0. The fourth-order valence-corrected chi connectivity index (χ4v) is 3.06. The van der Waals surface area contributed by atoms with Crippen LogP contribution in [0.1, 0.15) is 65.5 Å². The largest absolute Gasteiger partial charge is 0.460 e. The van der Waals surface area contributed by atoms with Crippen LogP contribution in [-0.2, 0) is 20.7 Å². The molecule has 0 radical (unpaired) electrons. The van der Waals surface area contributed by atoms with Gasteiger partial charge < -0.3 is 9.47 Å². The van der Waals surface area contributed by atoms with Gasteiger partial charge in [-0.15, -0.1) is 0 Å². The highest BCUT2D eigenvalue weighted by molar-refractivity contribution is 5.91. The highest BCUT2D eigenvalue weighted by Crippen LogP contribution is 2.36. The minimum atomic E-state index is -0.623. The lowest BCUT2D eigenvalue weighted by molar-refractivity contribution is -0.155. The minimum Gasteiger partial charge on any atom is -0.460 e. The van der Waals surface area contributed by atoms with Crippen LogP contribution in [0.4, 0.5) is 10.5 Å². The number of benzene rings is 1. The lowest BCUT2D eigenvalue weighted by Gasteiger charge is -2.29. The van der Waals surface area contributed by atoms with Crippen molar-refractivity contribution in [2.24, 2.45) is 0 Å². The van der Waals surface area contributed by atoms with Gasteiger partial charge in [0.1, 0.15) is 11.2 Å². The summed E-state index contributed by atoms with van der Waals surface area (Å²) in [5, 5.41) is 9.13. The van der Waals surface area contributed by atoms with Crippen LogP contribution >= 0.6 is 0 Å². The number of ether oxygens (including phenoxy) is 2. The van der Waals surface area contributed by atoms with Crippen LogP contribution in [0.3, 0.4) is 0 Å². The molecule has 0 N–H and O–H groups in total. The van der Waals surface area contributed by atoms with E-state index in [4.69, 9.17) is 14.7 Å². The molecule has 27 heavy (non-hydrogen) atoms. The van der Waals surface area contributed by atoms with E-state index in [9.17, 15) is 9.59 Å². The zero-order valence-electron chi connectivity index (χ0n) is 17.0. The molecule has 1 amide bonds. The van der Waals surface area contributed by atoms with E-state index in [0.29, 0.717) is 18.4 Å². The third-order valence-electron chi connectivity index (χ3n) is 3.98. The minimum absolute atomic E-state index is 0.209. The summed E-state index contributed by atoms with van der Waals surface area (Å²) in [6, 6.07) is 7.16. The summed E-state index contributed by atoms with van der Waals surface area (Å²) in [4.78, 5) is 26.5. The second kappa shape index (κ2) is 7.59. The monoisotopic (exact) mass is 372 g/mol. The highest BCUT2D eigenvalue weighted by Gasteiger charge is 2.37. The van der Waals surface area contributed by atoms with E-state index in [1.54, 1.807) is 23.1 Å². The first-order valence-electron chi connectivity index (χ1n) is 9.17. The molecule has 1 aliphatic rings. The average Bonchev–Trinajstić information content (AvgIpc) is 2.86. The molecule has 2 rings (SSSR count). The number of amides is 1. The predicted molar refractivity (Wildman–Crippen MR) is 102 cm³/mol. The maximum Gasteiger partial charge on any atom is 0.415 e. The predicted octanol–water partition coefficient (Wildman–Crippen LogP) is 4.35. The standard InChI is InChI=1S/C21H28N2O4/c1-20(2,3)26-18(24)10-8-16-12-15-11-14(13-22)7-9-17(15)23(16)19(25)27-21(4,5)6/h7,9,11,16H,8,10,12H2,1-6H3. The van der Waals surface area contributed by atoms with Crippen LogP contribution in [0, 0.1) is 11.3 Å². The van der Waals surface area contributed by atoms with Gasteiger partial charge in [-0.2, -0.15) is 5.26 Å². The van der Waals surface area contributed by atoms with E-state index < -0.39 is 17.3 Å². The maximum atomic E-state index is 12.8. The van der Waals surface area contributed by atoms with Crippen LogP contribution in [0.2, 0.25) is 0 Å². The quantitative estimate of drug-likeness (QED) is 0.737. The number of nitriles is 1. The molecule has 0 spiro atoms. The first-order chi connectivity index (χ1) is 12.4. The molecule has 1 atom stereocenters. The molecule has 1 unspecified atom stereocenters. The zero-order valence-corrected chi connectivity index (χ0v) is 17.0. The van der Waals surface area contributed by atoms with Gasteiger partial charge in [-0.1, -0.05) is 0 Å². The van der Waals surface area contributed by atoms with Crippen molar-refractivity contribution in [3.63, 3.8) is 0 Å².